The van der Waals surface area contributed by atoms with Gasteiger partial charge in [-0.3, -0.25) is 19.7 Å². The SMILES string of the molecule is CCC(C)Cc1c(C)sc2nc(SCc3ccc(C(N)=O)cc3[N+](=O)[O-])[nH]c(=O)c12. The van der Waals surface area contributed by atoms with Gasteiger partial charge in [-0.05, 0) is 30.9 Å². The summed E-state index contributed by atoms with van der Waals surface area (Å²) in [4.78, 5) is 44.0. The van der Waals surface area contributed by atoms with Crippen molar-refractivity contribution in [2.75, 3.05) is 0 Å². The molecule has 1 amide bonds. The molecule has 3 aromatic rings. The molecule has 30 heavy (non-hydrogen) atoms. The van der Waals surface area contributed by atoms with Gasteiger partial charge in [0.25, 0.3) is 11.2 Å². The number of hydrogen-bond donors (Lipinski definition) is 2. The molecule has 0 aliphatic heterocycles. The Labute approximate surface area is 181 Å². The number of primary amides is 1. The van der Waals surface area contributed by atoms with Crippen molar-refractivity contribution in [1.82, 2.24) is 9.97 Å². The van der Waals surface area contributed by atoms with Gasteiger partial charge in [0, 0.05) is 27.8 Å². The summed E-state index contributed by atoms with van der Waals surface area (Å²) in [7, 11) is 0. The highest BCUT2D eigenvalue weighted by Crippen LogP contribution is 2.32. The van der Waals surface area contributed by atoms with E-state index in [0.29, 0.717) is 26.9 Å². The third-order valence-corrected chi connectivity index (χ3v) is 6.98. The lowest BCUT2D eigenvalue weighted by atomic mass is 9.98. The number of aryl methyl sites for hydroxylation is 1. The van der Waals surface area contributed by atoms with Crippen LogP contribution >= 0.6 is 23.1 Å². The molecule has 0 saturated heterocycles. The van der Waals surface area contributed by atoms with Crippen molar-refractivity contribution in [1.29, 1.82) is 0 Å². The number of nitro benzene ring substituents is 1. The van der Waals surface area contributed by atoms with Gasteiger partial charge in [-0.2, -0.15) is 0 Å². The number of aromatic nitrogens is 2. The minimum Gasteiger partial charge on any atom is -0.366 e. The van der Waals surface area contributed by atoms with Crippen molar-refractivity contribution in [3.8, 4) is 0 Å². The Balaban J connectivity index is 1.90. The maximum atomic E-state index is 12.7. The van der Waals surface area contributed by atoms with E-state index >= 15 is 0 Å². The molecule has 0 radical (unpaired) electrons. The largest absolute Gasteiger partial charge is 0.366 e. The third-order valence-electron chi connectivity index (χ3n) is 5.02. The molecular weight excluding hydrogens is 424 g/mol. The van der Waals surface area contributed by atoms with Crippen LogP contribution in [0.2, 0.25) is 0 Å². The number of thiophene rings is 1. The van der Waals surface area contributed by atoms with Crippen LogP contribution in [0.5, 0.6) is 0 Å². The van der Waals surface area contributed by atoms with E-state index in [-0.39, 0.29) is 22.6 Å². The quantitative estimate of drug-likeness (QED) is 0.231. The van der Waals surface area contributed by atoms with Gasteiger partial charge in [-0.25, -0.2) is 4.98 Å². The molecule has 3 N–H and O–H groups in total. The summed E-state index contributed by atoms with van der Waals surface area (Å²) in [5, 5.41) is 12.4. The first kappa shape index (κ1) is 22.0. The molecule has 1 atom stereocenters. The molecule has 0 aliphatic carbocycles. The number of fused-ring (bicyclic) bond motifs is 1. The number of thioether (sulfide) groups is 1. The normalized spacial score (nSPS) is 12.2. The van der Waals surface area contributed by atoms with Crippen LogP contribution in [0.3, 0.4) is 0 Å². The second kappa shape index (κ2) is 8.97. The van der Waals surface area contributed by atoms with Crippen molar-refractivity contribution >= 4 is 44.9 Å². The van der Waals surface area contributed by atoms with Crippen LogP contribution in [-0.2, 0) is 12.2 Å². The van der Waals surface area contributed by atoms with Crippen molar-refractivity contribution in [3.05, 3.63) is 60.2 Å². The molecule has 0 spiro atoms. The fraction of sp³-hybridized carbons (Fsp3) is 0.350. The molecule has 0 saturated carbocycles. The van der Waals surface area contributed by atoms with E-state index in [0.717, 1.165) is 23.3 Å². The van der Waals surface area contributed by atoms with E-state index in [1.807, 2.05) is 6.92 Å². The van der Waals surface area contributed by atoms with Gasteiger partial charge in [-0.15, -0.1) is 11.3 Å². The first-order valence-corrected chi connectivity index (χ1v) is 11.2. The van der Waals surface area contributed by atoms with Gasteiger partial charge in [0.05, 0.1) is 10.3 Å². The highest BCUT2D eigenvalue weighted by atomic mass is 32.2. The molecule has 0 fully saturated rings. The summed E-state index contributed by atoms with van der Waals surface area (Å²) in [5.41, 5.74) is 6.36. The van der Waals surface area contributed by atoms with E-state index in [2.05, 4.69) is 23.8 Å². The van der Waals surface area contributed by atoms with Crippen molar-refractivity contribution in [2.24, 2.45) is 11.7 Å². The molecule has 1 unspecified atom stereocenters. The average molecular weight is 447 g/mol. The van der Waals surface area contributed by atoms with Crippen LogP contribution in [0, 0.1) is 23.0 Å². The number of carbonyl (C=O) groups is 1. The minimum atomic E-state index is -0.727. The zero-order valence-electron chi connectivity index (χ0n) is 16.9. The Hall–Kier alpha value is -2.72. The predicted molar refractivity (Wildman–Crippen MR) is 119 cm³/mol. The first-order valence-electron chi connectivity index (χ1n) is 9.43. The minimum absolute atomic E-state index is 0.0753. The molecule has 2 heterocycles. The summed E-state index contributed by atoms with van der Waals surface area (Å²) in [6.07, 6.45) is 1.86. The van der Waals surface area contributed by atoms with Crippen molar-refractivity contribution in [2.45, 2.75) is 44.5 Å². The number of amides is 1. The van der Waals surface area contributed by atoms with Gasteiger partial charge < -0.3 is 10.7 Å². The molecule has 3 rings (SSSR count). The number of H-pyrrole nitrogens is 1. The van der Waals surface area contributed by atoms with E-state index in [9.17, 15) is 19.7 Å². The monoisotopic (exact) mass is 446 g/mol. The summed E-state index contributed by atoms with van der Waals surface area (Å²) in [6, 6.07) is 4.12. The number of carbonyl (C=O) groups excluding carboxylic acids is 1. The number of benzene rings is 1. The van der Waals surface area contributed by atoms with Crippen LogP contribution in [0.25, 0.3) is 10.2 Å². The fourth-order valence-corrected chi connectivity index (χ4v) is 5.09. The maximum Gasteiger partial charge on any atom is 0.274 e. The summed E-state index contributed by atoms with van der Waals surface area (Å²) >= 11 is 2.69. The Morgan fingerprint density at radius 2 is 2.17 bits per heavy atom. The molecule has 158 valence electrons. The van der Waals surface area contributed by atoms with Crippen molar-refractivity contribution < 1.29 is 9.72 Å². The van der Waals surface area contributed by atoms with Crippen molar-refractivity contribution in [3.63, 3.8) is 0 Å². The van der Waals surface area contributed by atoms with Crippen LogP contribution in [-0.4, -0.2) is 20.8 Å². The second-order valence-electron chi connectivity index (χ2n) is 7.16. The zero-order chi connectivity index (χ0) is 22.0. The molecule has 10 heteroatoms. The maximum absolute atomic E-state index is 12.7. The van der Waals surface area contributed by atoms with Crippen LogP contribution in [0.15, 0.2) is 28.2 Å². The lowest BCUT2D eigenvalue weighted by Crippen LogP contribution is -2.12. The highest BCUT2D eigenvalue weighted by molar-refractivity contribution is 7.98. The van der Waals surface area contributed by atoms with E-state index in [1.54, 1.807) is 0 Å². The summed E-state index contributed by atoms with van der Waals surface area (Å²) < 4.78 is 0. The molecule has 2 aromatic heterocycles. The topological polar surface area (TPSA) is 132 Å². The first-order chi connectivity index (χ1) is 14.2. The zero-order valence-corrected chi connectivity index (χ0v) is 18.5. The number of nitrogens with zero attached hydrogens (tertiary/aromatic N) is 2. The third kappa shape index (κ3) is 4.54. The molecular formula is C20H22N4O4S2. The van der Waals surface area contributed by atoms with Crippen LogP contribution in [0.1, 0.15) is 46.6 Å². The summed E-state index contributed by atoms with van der Waals surface area (Å²) in [5.74, 6) is -0.0395. The predicted octanol–water partition coefficient (Wildman–Crippen LogP) is 4.18. The lowest BCUT2D eigenvalue weighted by molar-refractivity contribution is -0.385. The standard InChI is InChI=1S/C20H22N4O4S2/c1-4-10(2)7-14-11(3)30-19-16(14)18(26)22-20(23-19)29-9-13-6-5-12(17(21)25)8-15(13)24(27)28/h5-6,8,10H,4,7,9H2,1-3H3,(H2,21,25)(H,22,23,26). The smallest absolute Gasteiger partial charge is 0.274 e. The number of hydrogen-bond acceptors (Lipinski definition) is 7. The van der Waals surface area contributed by atoms with Gasteiger partial charge >= 0.3 is 0 Å². The highest BCUT2D eigenvalue weighted by Gasteiger charge is 2.19. The van der Waals surface area contributed by atoms with E-state index < -0.39 is 10.8 Å². The molecule has 1 aromatic carbocycles. The molecule has 0 bridgehead atoms. The number of nitro groups is 1. The lowest BCUT2D eigenvalue weighted by Gasteiger charge is -2.08. The Morgan fingerprint density at radius 1 is 1.43 bits per heavy atom. The Bertz CT molecular complexity index is 1190. The average Bonchev–Trinajstić information content (AvgIpc) is 3.01. The second-order valence-corrected chi connectivity index (χ2v) is 9.33. The molecule has 0 aliphatic rings. The van der Waals surface area contributed by atoms with Gasteiger partial charge in [0.15, 0.2) is 5.16 Å². The number of aromatic amines is 1. The number of rotatable bonds is 8. The number of nitrogens with two attached hydrogens (primary N) is 1. The summed E-state index contributed by atoms with van der Waals surface area (Å²) in [6.45, 7) is 6.28. The van der Waals surface area contributed by atoms with Crippen LogP contribution < -0.4 is 11.3 Å². The molecule has 8 nitrogen and oxygen atoms in total. The van der Waals surface area contributed by atoms with Gasteiger partial charge in [0.1, 0.15) is 4.83 Å². The van der Waals surface area contributed by atoms with Crippen LogP contribution in [0.4, 0.5) is 5.69 Å². The van der Waals surface area contributed by atoms with Gasteiger partial charge in [0.2, 0.25) is 5.91 Å². The fourth-order valence-electron chi connectivity index (χ4n) is 3.12. The Kier molecular flexibility index (Phi) is 6.57. The van der Waals surface area contributed by atoms with E-state index in [1.165, 1.54) is 41.3 Å². The van der Waals surface area contributed by atoms with Gasteiger partial charge in [-0.1, -0.05) is 38.1 Å². The Morgan fingerprint density at radius 3 is 2.80 bits per heavy atom. The number of nitrogens with one attached hydrogen (secondary N) is 1. The van der Waals surface area contributed by atoms with E-state index in [4.69, 9.17) is 5.73 Å².